The third-order valence-corrected chi connectivity index (χ3v) is 6.19. The highest BCUT2D eigenvalue weighted by Gasteiger charge is 2.27. The smallest absolute Gasteiger partial charge is 0.326 e. The first kappa shape index (κ1) is 24.2. The zero-order valence-corrected chi connectivity index (χ0v) is 20.5. The van der Waals surface area contributed by atoms with Crippen LogP contribution in [0.15, 0.2) is 35.3 Å². The number of hydrogen-bond acceptors (Lipinski definition) is 6. The lowest BCUT2D eigenvalue weighted by molar-refractivity contribution is -0.152. The van der Waals surface area contributed by atoms with Crippen LogP contribution in [0.4, 0.5) is 0 Å². The fraction of sp³-hybridized carbons (Fsp3) is 0.500. The van der Waals surface area contributed by atoms with Crippen LogP contribution in [0.1, 0.15) is 44.7 Å². The number of hydrogen-bond donors (Lipinski definition) is 2. The molecule has 1 aliphatic rings. The number of benzene rings is 1. The molecule has 8 nitrogen and oxygen atoms in total. The second kappa shape index (κ2) is 9.72. The molecule has 0 aliphatic heterocycles. The molecule has 0 bridgehead atoms. The molecule has 0 spiro atoms. The largest absolute Gasteiger partial charge is 0.462 e. The van der Waals surface area contributed by atoms with Gasteiger partial charge in [0, 0.05) is 37.5 Å². The molecule has 1 aromatic carbocycles. The van der Waals surface area contributed by atoms with Crippen LogP contribution in [-0.4, -0.2) is 43.4 Å². The molecule has 1 saturated carbocycles. The van der Waals surface area contributed by atoms with Crippen molar-refractivity contribution in [2.24, 2.45) is 13.0 Å². The second-order valence-electron chi connectivity index (χ2n) is 9.73. The number of fused-ring (bicyclic) bond motifs is 1. The molecule has 2 N–H and O–H groups in total. The highest BCUT2D eigenvalue weighted by molar-refractivity contribution is 5.81. The van der Waals surface area contributed by atoms with Crippen LogP contribution in [0.3, 0.4) is 0 Å². The van der Waals surface area contributed by atoms with E-state index in [4.69, 9.17) is 9.72 Å². The lowest BCUT2D eigenvalue weighted by atomic mass is 10.1. The Morgan fingerprint density at radius 1 is 1.26 bits per heavy atom. The number of nitrogens with one attached hydrogen (secondary N) is 1. The van der Waals surface area contributed by atoms with Gasteiger partial charge in [-0.25, -0.2) is 4.98 Å². The number of aliphatic hydroxyl groups excluding tert-OH is 1. The number of imidazole rings is 1. The molecular formula is C26H34N4O4. The molecule has 0 radical (unpaired) electrons. The van der Waals surface area contributed by atoms with Crippen molar-refractivity contribution in [3.63, 3.8) is 0 Å². The Morgan fingerprint density at radius 3 is 2.62 bits per heavy atom. The summed E-state index contributed by atoms with van der Waals surface area (Å²) in [6.45, 7) is 8.26. The Morgan fingerprint density at radius 2 is 2.00 bits per heavy atom. The van der Waals surface area contributed by atoms with Gasteiger partial charge in [-0.15, -0.1) is 0 Å². The van der Waals surface area contributed by atoms with Gasteiger partial charge in [-0.3, -0.25) is 14.9 Å². The maximum Gasteiger partial charge on any atom is 0.326 e. The molecule has 34 heavy (non-hydrogen) atoms. The van der Waals surface area contributed by atoms with E-state index in [1.807, 2.05) is 31.3 Å². The zero-order chi connectivity index (χ0) is 24.6. The Labute approximate surface area is 199 Å². The summed E-state index contributed by atoms with van der Waals surface area (Å²) in [6, 6.07) is 7.15. The molecule has 0 saturated heterocycles. The number of carbonyl (C=O) groups excluding carboxylic acids is 1. The van der Waals surface area contributed by atoms with Gasteiger partial charge in [0.1, 0.15) is 11.9 Å². The average Bonchev–Trinajstić information content (AvgIpc) is 3.51. The lowest BCUT2D eigenvalue weighted by Crippen LogP contribution is -2.46. The molecule has 2 heterocycles. The minimum absolute atomic E-state index is 0.00868. The standard InChI is InChI=1S/C26H34N4O4/c1-15(2)34-26(33)23(17(4)31)27-12-19-8-9-21-22(11-19)30(13-18-6-7-18)24(28-21)20-10-16(3)25(32)29(5)14-20/h8-11,14-15,17-18,23,27,31H,6-7,12-13H2,1-5H3/t17-,23?/m1/s1. The number of carbonyl (C=O) groups is 1. The van der Waals surface area contributed by atoms with Crippen molar-refractivity contribution >= 4 is 17.0 Å². The minimum atomic E-state index is -0.880. The van der Waals surface area contributed by atoms with Crippen LogP contribution in [0.5, 0.6) is 0 Å². The minimum Gasteiger partial charge on any atom is -0.462 e. The van der Waals surface area contributed by atoms with Crippen molar-refractivity contribution in [1.82, 2.24) is 19.4 Å². The predicted molar refractivity (Wildman–Crippen MR) is 131 cm³/mol. The molecular weight excluding hydrogens is 432 g/mol. The Bertz CT molecular complexity index is 1230. The molecule has 1 unspecified atom stereocenters. The van der Waals surface area contributed by atoms with E-state index in [0.717, 1.165) is 34.5 Å². The molecule has 182 valence electrons. The number of pyridine rings is 1. The normalized spacial score (nSPS) is 15.6. The topological polar surface area (TPSA) is 98.4 Å². The molecule has 2 atom stereocenters. The van der Waals surface area contributed by atoms with E-state index >= 15 is 0 Å². The summed E-state index contributed by atoms with van der Waals surface area (Å²) in [5.74, 6) is 1.03. The highest BCUT2D eigenvalue weighted by atomic mass is 16.5. The number of esters is 1. The maximum atomic E-state index is 12.4. The Kier molecular flexibility index (Phi) is 6.91. The van der Waals surface area contributed by atoms with E-state index in [1.54, 1.807) is 32.4 Å². The molecule has 2 aromatic heterocycles. The fourth-order valence-electron chi connectivity index (χ4n) is 4.23. The Hall–Kier alpha value is -2.97. The van der Waals surface area contributed by atoms with Gasteiger partial charge in [-0.1, -0.05) is 6.07 Å². The van der Waals surface area contributed by atoms with E-state index in [1.165, 1.54) is 12.8 Å². The number of nitrogens with zero attached hydrogens (tertiary/aromatic N) is 3. The third-order valence-electron chi connectivity index (χ3n) is 6.19. The van der Waals surface area contributed by atoms with Gasteiger partial charge >= 0.3 is 5.97 Å². The van der Waals surface area contributed by atoms with Gasteiger partial charge in [0.2, 0.25) is 0 Å². The van der Waals surface area contributed by atoms with Gasteiger partial charge in [-0.2, -0.15) is 0 Å². The maximum absolute atomic E-state index is 12.4. The van der Waals surface area contributed by atoms with Crippen LogP contribution in [0.2, 0.25) is 0 Å². The van der Waals surface area contributed by atoms with Crippen LogP contribution in [0, 0.1) is 12.8 Å². The summed E-state index contributed by atoms with van der Waals surface area (Å²) >= 11 is 0. The van der Waals surface area contributed by atoms with Gasteiger partial charge in [0.15, 0.2) is 0 Å². The van der Waals surface area contributed by atoms with Crippen LogP contribution >= 0.6 is 0 Å². The number of aryl methyl sites for hydroxylation is 2. The zero-order valence-electron chi connectivity index (χ0n) is 20.5. The fourth-order valence-corrected chi connectivity index (χ4v) is 4.23. The second-order valence-corrected chi connectivity index (χ2v) is 9.73. The van der Waals surface area contributed by atoms with Gasteiger partial charge in [0.25, 0.3) is 5.56 Å². The SMILES string of the molecule is Cc1cc(-c2nc3ccc(CNC(C(=O)OC(C)C)[C@@H](C)O)cc3n2CC2CC2)cn(C)c1=O. The number of aromatic nitrogens is 3. The summed E-state index contributed by atoms with van der Waals surface area (Å²) < 4.78 is 9.13. The summed E-state index contributed by atoms with van der Waals surface area (Å²) in [6.07, 6.45) is 3.13. The van der Waals surface area contributed by atoms with E-state index in [0.29, 0.717) is 18.0 Å². The molecule has 3 aromatic rings. The van der Waals surface area contributed by atoms with Crippen LogP contribution in [-0.2, 0) is 29.7 Å². The monoisotopic (exact) mass is 466 g/mol. The van der Waals surface area contributed by atoms with Gasteiger partial charge in [-0.05, 0) is 70.2 Å². The first-order chi connectivity index (χ1) is 16.1. The van der Waals surface area contributed by atoms with E-state index in [-0.39, 0.29) is 11.7 Å². The molecule has 1 fully saturated rings. The van der Waals surface area contributed by atoms with Crippen molar-refractivity contribution < 1.29 is 14.6 Å². The first-order valence-corrected chi connectivity index (χ1v) is 11.9. The first-order valence-electron chi connectivity index (χ1n) is 11.9. The van der Waals surface area contributed by atoms with Gasteiger partial charge in [0.05, 0.1) is 23.2 Å². The van der Waals surface area contributed by atoms with Crippen molar-refractivity contribution in [1.29, 1.82) is 0 Å². The molecule has 8 heteroatoms. The molecule has 4 rings (SSSR count). The summed E-state index contributed by atoms with van der Waals surface area (Å²) in [5.41, 5.74) is 4.48. The van der Waals surface area contributed by atoms with Gasteiger partial charge < -0.3 is 19.0 Å². The van der Waals surface area contributed by atoms with Crippen molar-refractivity contribution in [3.8, 4) is 11.4 Å². The van der Waals surface area contributed by atoms with Crippen molar-refractivity contribution in [2.75, 3.05) is 0 Å². The third kappa shape index (κ3) is 5.23. The Balaban J connectivity index is 1.66. The molecule has 1 aliphatic carbocycles. The number of rotatable bonds is 9. The summed E-state index contributed by atoms with van der Waals surface area (Å²) in [5, 5.41) is 13.2. The molecule has 0 amide bonds. The number of aliphatic hydroxyl groups is 1. The summed E-state index contributed by atoms with van der Waals surface area (Å²) in [7, 11) is 1.76. The lowest BCUT2D eigenvalue weighted by Gasteiger charge is -2.21. The quantitative estimate of drug-likeness (QED) is 0.471. The average molecular weight is 467 g/mol. The van der Waals surface area contributed by atoms with E-state index < -0.39 is 18.1 Å². The van der Waals surface area contributed by atoms with E-state index in [9.17, 15) is 14.7 Å². The van der Waals surface area contributed by atoms with Crippen LogP contribution in [0.25, 0.3) is 22.4 Å². The van der Waals surface area contributed by atoms with E-state index in [2.05, 4.69) is 16.0 Å². The predicted octanol–water partition coefficient (Wildman–Crippen LogP) is 2.91. The number of ether oxygens (including phenoxy) is 1. The van der Waals surface area contributed by atoms with Crippen LogP contribution < -0.4 is 10.9 Å². The summed E-state index contributed by atoms with van der Waals surface area (Å²) in [4.78, 5) is 29.5. The van der Waals surface area contributed by atoms with Crippen molar-refractivity contribution in [2.45, 2.75) is 71.9 Å². The van der Waals surface area contributed by atoms with Crippen molar-refractivity contribution in [3.05, 3.63) is 51.9 Å². The highest BCUT2D eigenvalue weighted by Crippen LogP contribution is 2.34.